The van der Waals surface area contributed by atoms with Crippen molar-refractivity contribution >= 4 is 21.8 Å². The molecule has 0 aliphatic heterocycles. The summed E-state index contributed by atoms with van der Waals surface area (Å²) in [5, 5.41) is 2.94. The van der Waals surface area contributed by atoms with E-state index in [0.29, 0.717) is 17.5 Å². The molecule has 0 radical (unpaired) electrons. The summed E-state index contributed by atoms with van der Waals surface area (Å²) < 4.78 is 40.7. The Morgan fingerprint density at radius 2 is 1.57 bits per heavy atom. The van der Waals surface area contributed by atoms with Crippen molar-refractivity contribution in [1.82, 2.24) is 19.9 Å². The lowest BCUT2D eigenvalue weighted by molar-refractivity contribution is -0.141. The topological polar surface area (TPSA) is 108 Å². The van der Waals surface area contributed by atoms with E-state index in [1.807, 2.05) is 12.1 Å². The number of hydrogen-bond acceptors (Lipinski definition) is 5. The SMILES string of the molecule is CCNS(=O)(=O)c1ccc(CCC(=O)N(Cc2ccc(F)cc2)[C@H](C(=O)NCc2cccnc2)c2ccccc2)cc1. The second-order valence-electron chi connectivity index (χ2n) is 9.69. The monoisotopic (exact) mass is 588 g/mol. The summed E-state index contributed by atoms with van der Waals surface area (Å²) >= 11 is 0. The van der Waals surface area contributed by atoms with E-state index in [4.69, 9.17) is 0 Å². The van der Waals surface area contributed by atoms with Crippen molar-refractivity contribution in [2.45, 2.75) is 43.8 Å². The summed E-state index contributed by atoms with van der Waals surface area (Å²) in [6, 6.07) is 23.9. The Hall–Kier alpha value is -4.41. The molecule has 0 unspecified atom stereocenters. The molecule has 1 atom stereocenters. The molecule has 0 bridgehead atoms. The van der Waals surface area contributed by atoms with Crippen molar-refractivity contribution in [1.29, 1.82) is 0 Å². The van der Waals surface area contributed by atoms with Gasteiger partial charge in [0.2, 0.25) is 21.8 Å². The number of aromatic nitrogens is 1. The number of hydrogen-bond donors (Lipinski definition) is 2. The molecule has 42 heavy (non-hydrogen) atoms. The number of halogens is 1. The Morgan fingerprint density at radius 3 is 2.21 bits per heavy atom. The number of nitrogens with one attached hydrogen (secondary N) is 2. The van der Waals surface area contributed by atoms with Crippen LogP contribution in [0.2, 0.25) is 0 Å². The Kier molecular flexibility index (Phi) is 10.5. The average molecular weight is 589 g/mol. The normalized spacial score (nSPS) is 12.0. The first-order valence-corrected chi connectivity index (χ1v) is 15.1. The number of carbonyl (C=O) groups is 2. The van der Waals surface area contributed by atoms with E-state index in [2.05, 4.69) is 15.0 Å². The van der Waals surface area contributed by atoms with Crippen LogP contribution in [0.15, 0.2) is 108 Å². The van der Waals surface area contributed by atoms with E-state index in [0.717, 1.165) is 11.1 Å². The fraction of sp³-hybridized carbons (Fsp3) is 0.219. The highest BCUT2D eigenvalue weighted by Crippen LogP contribution is 2.26. The molecule has 0 aliphatic carbocycles. The Balaban J connectivity index is 1.59. The number of amides is 2. The van der Waals surface area contributed by atoms with Gasteiger partial charge in [-0.15, -0.1) is 0 Å². The molecule has 0 fully saturated rings. The zero-order valence-electron chi connectivity index (χ0n) is 23.2. The van der Waals surface area contributed by atoms with Gasteiger partial charge in [0.1, 0.15) is 11.9 Å². The van der Waals surface area contributed by atoms with Crippen LogP contribution < -0.4 is 10.0 Å². The van der Waals surface area contributed by atoms with Gasteiger partial charge < -0.3 is 10.2 Å². The number of nitrogens with zero attached hydrogens (tertiary/aromatic N) is 2. The first-order valence-electron chi connectivity index (χ1n) is 13.6. The van der Waals surface area contributed by atoms with Crippen LogP contribution >= 0.6 is 0 Å². The summed E-state index contributed by atoms with van der Waals surface area (Å²) in [6.45, 7) is 2.30. The van der Waals surface area contributed by atoms with Crippen LogP contribution in [-0.4, -0.2) is 36.7 Å². The first kappa shape index (κ1) is 30.5. The minimum atomic E-state index is -3.59. The van der Waals surface area contributed by atoms with Crippen LogP contribution in [0.4, 0.5) is 4.39 Å². The van der Waals surface area contributed by atoms with E-state index in [9.17, 15) is 22.4 Å². The van der Waals surface area contributed by atoms with Crippen LogP contribution in [0.3, 0.4) is 0 Å². The lowest BCUT2D eigenvalue weighted by Crippen LogP contribution is -2.43. The molecule has 10 heteroatoms. The van der Waals surface area contributed by atoms with Crippen molar-refractivity contribution in [3.63, 3.8) is 0 Å². The van der Waals surface area contributed by atoms with Crippen LogP contribution in [0.1, 0.15) is 41.6 Å². The maximum Gasteiger partial charge on any atom is 0.247 e. The van der Waals surface area contributed by atoms with Gasteiger partial charge in [0.05, 0.1) is 4.90 Å². The van der Waals surface area contributed by atoms with E-state index in [1.165, 1.54) is 29.2 Å². The fourth-order valence-corrected chi connectivity index (χ4v) is 5.55. The van der Waals surface area contributed by atoms with Gasteiger partial charge in [0, 0.05) is 38.4 Å². The van der Waals surface area contributed by atoms with Gasteiger partial charge in [0.15, 0.2) is 0 Å². The van der Waals surface area contributed by atoms with Gasteiger partial charge in [-0.3, -0.25) is 14.6 Å². The van der Waals surface area contributed by atoms with E-state index in [-0.39, 0.29) is 42.8 Å². The lowest BCUT2D eigenvalue weighted by Gasteiger charge is -2.32. The predicted octanol–water partition coefficient (Wildman–Crippen LogP) is 4.54. The summed E-state index contributed by atoms with van der Waals surface area (Å²) in [5.41, 5.74) is 2.89. The molecule has 1 heterocycles. The second kappa shape index (κ2) is 14.5. The van der Waals surface area contributed by atoms with Crippen molar-refractivity contribution in [2.24, 2.45) is 0 Å². The van der Waals surface area contributed by atoms with E-state index < -0.39 is 21.9 Å². The van der Waals surface area contributed by atoms with Gasteiger partial charge in [0.25, 0.3) is 0 Å². The number of benzene rings is 3. The molecular formula is C32H33FN4O4S. The van der Waals surface area contributed by atoms with Crippen molar-refractivity contribution < 1.29 is 22.4 Å². The minimum absolute atomic E-state index is 0.0692. The lowest BCUT2D eigenvalue weighted by atomic mass is 10.0. The maximum atomic E-state index is 13.8. The molecule has 1 aromatic heterocycles. The summed E-state index contributed by atoms with van der Waals surface area (Å²) in [6.07, 6.45) is 3.71. The van der Waals surface area contributed by atoms with E-state index in [1.54, 1.807) is 73.9 Å². The largest absolute Gasteiger partial charge is 0.350 e. The molecule has 218 valence electrons. The van der Waals surface area contributed by atoms with Gasteiger partial charge in [-0.2, -0.15) is 0 Å². The Bertz CT molecular complexity index is 1570. The number of rotatable bonds is 13. The zero-order chi connectivity index (χ0) is 30.0. The average Bonchev–Trinajstić information content (AvgIpc) is 3.01. The van der Waals surface area contributed by atoms with Gasteiger partial charge in [-0.25, -0.2) is 17.5 Å². The summed E-state index contributed by atoms with van der Waals surface area (Å²) in [4.78, 5) is 33.3. The third kappa shape index (κ3) is 8.31. The molecule has 0 saturated carbocycles. The second-order valence-corrected chi connectivity index (χ2v) is 11.5. The number of carbonyl (C=O) groups excluding carboxylic acids is 2. The van der Waals surface area contributed by atoms with Crippen molar-refractivity contribution in [2.75, 3.05) is 6.54 Å². The molecule has 4 rings (SSSR count). The quantitative estimate of drug-likeness (QED) is 0.239. The van der Waals surface area contributed by atoms with Crippen molar-refractivity contribution in [3.05, 3.63) is 131 Å². The first-order chi connectivity index (χ1) is 20.3. The Labute approximate surface area is 245 Å². The zero-order valence-corrected chi connectivity index (χ0v) is 24.1. The summed E-state index contributed by atoms with van der Waals surface area (Å²) in [5.74, 6) is -1.04. The molecule has 3 aromatic carbocycles. The highest BCUT2D eigenvalue weighted by Gasteiger charge is 2.31. The Morgan fingerprint density at radius 1 is 0.881 bits per heavy atom. The minimum Gasteiger partial charge on any atom is -0.350 e. The van der Waals surface area contributed by atoms with Crippen LogP contribution in [-0.2, 0) is 39.1 Å². The van der Waals surface area contributed by atoms with E-state index >= 15 is 0 Å². The number of sulfonamides is 1. The fourth-order valence-electron chi connectivity index (χ4n) is 4.51. The molecule has 8 nitrogen and oxygen atoms in total. The third-order valence-electron chi connectivity index (χ3n) is 6.65. The summed E-state index contributed by atoms with van der Waals surface area (Å²) in [7, 11) is -3.59. The predicted molar refractivity (Wildman–Crippen MR) is 158 cm³/mol. The molecule has 0 spiro atoms. The molecule has 0 saturated heterocycles. The number of pyridine rings is 1. The van der Waals surface area contributed by atoms with Gasteiger partial charge in [-0.05, 0) is 59.0 Å². The molecular weight excluding hydrogens is 555 g/mol. The van der Waals surface area contributed by atoms with Crippen LogP contribution in [0.25, 0.3) is 0 Å². The maximum absolute atomic E-state index is 13.8. The smallest absolute Gasteiger partial charge is 0.247 e. The third-order valence-corrected chi connectivity index (χ3v) is 8.21. The molecule has 2 amide bonds. The standard InChI is InChI=1S/C32H33FN4O4S/c1-2-36-42(40,41)29-17-12-24(13-18-29)14-19-30(38)37(23-25-10-15-28(33)16-11-25)31(27-8-4-3-5-9-27)32(39)35-22-26-7-6-20-34-21-26/h3-13,15-18,20-21,31,36H,2,14,19,22-23H2,1H3,(H,35,39)/t31-/m0/s1. The van der Waals surface area contributed by atoms with Crippen molar-refractivity contribution in [3.8, 4) is 0 Å². The highest BCUT2D eigenvalue weighted by atomic mass is 32.2. The van der Waals surface area contributed by atoms with Crippen LogP contribution in [0.5, 0.6) is 0 Å². The molecule has 2 N–H and O–H groups in total. The van der Waals surface area contributed by atoms with Gasteiger partial charge in [-0.1, -0.05) is 67.6 Å². The number of aryl methyl sites for hydroxylation is 1. The van der Waals surface area contributed by atoms with Crippen LogP contribution in [0, 0.1) is 5.82 Å². The van der Waals surface area contributed by atoms with Gasteiger partial charge >= 0.3 is 0 Å². The highest BCUT2D eigenvalue weighted by molar-refractivity contribution is 7.89. The molecule has 0 aliphatic rings. The molecule has 4 aromatic rings.